The van der Waals surface area contributed by atoms with Crippen LogP contribution in [0.5, 0.6) is 0 Å². The lowest BCUT2D eigenvalue weighted by Gasteiger charge is -2.28. The summed E-state index contributed by atoms with van der Waals surface area (Å²) in [4.78, 5) is 2.37. The number of benzene rings is 6. The molecule has 0 unspecified atom stereocenters. The van der Waals surface area contributed by atoms with Crippen LogP contribution in [-0.4, -0.2) is 4.57 Å². The Hall–Kier alpha value is -5.08. The van der Waals surface area contributed by atoms with E-state index in [9.17, 15) is 0 Å². The highest BCUT2D eigenvalue weighted by molar-refractivity contribution is 6.19. The van der Waals surface area contributed by atoms with Gasteiger partial charge in [0, 0.05) is 33.4 Å². The number of hydrogen-bond donors (Lipinski definition) is 0. The predicted molar refractivity (Wildman–Crippen MR) is 161 cm³/mol. The minimum absolute atomic E-state index is 1.13. The number of fused-ring (bicyclic) bond motifs is 3. The van der Waals surface area contributed by atoms with Crippen molar-refractivity contribution >= 4 is 38.9 Å². The molecule has 1 heterocycles. The highest BCUT2D eigenvalue weighted by atomic mass is 15.1. The summed E-state index contributed by atoms with van der Waals surface area (Å²) in [6.07, 6.45) is 0. The van der Waals surface area contributed by atoms with E-state index in [1.165, 1.54) is 32.9 Å². The zero-order chi connectivity index (χ0) is 25.3. The molecule has 6 aromatic carbocycles. The molecule has 0 aliphatic carbocycles. The predicted octanol–water partition coefficient (Wildman–Crippen LogP) is 9.92. The molecule has 0 saturated carbocycles. The van der Waals surface area contributed by atoms with Crippen LogP contribution in [0.2, 0.25) is 0 Å². The molecule has 180 valence electrons. The van der Waals surface area contributed by atoms with Crippen LogP contribution in [0.3, 0.4) is 0 Å². The maximum Gasteiger partial charge on any atom is 0.0548 e. The third kappa shape index (κ3) is 3.66. The maximum atomic E-state index is 2.39. The van der Waals surface area contributed by atoms with E-state index in [1.807, 2.05) is 0 Å². The van der Waals surface area contributed by atoms with Crippen LogP contribution >= 0.6 is 0 Å². The first-order chi connectivity index (χ1) is 18.9. The van der Waals surface area contributed by atoms with Gasteiger partial charge >= 0.3 is 0 Å². The monoisotopic (exact) mass is 486 g/mol. The van der Waals surface area contributed by atoms with Crippen molar-refractivity contribution in [3.8, 4) is 16.8 Å². The molecule has 0 bridgehead atoms. The van der Waals surface area contributed by atoms with Gasteiger partial charge in [-0.3, -0.25) is 0 Å². The zero-order valence-electron chi connectivity index (χ0n) is 20.9. The molecule has 7 rings (SSSR count). The fraction of sp³-hybridized carbons (Fsp3) is 0. The van der Waals surface area contributed by atoms with Gasteiger partial charge in [0.2, 0.25) is 0 Å². The molecule has 0 amide bonds. The highest BCUT2D eigenvalue weighted by Crippen LogP contribution is 2.47. The normalized spacial score (nSPS) is 11.2. The van der Waals surface area contributed by atoms with Gasteiger partial charge in [-0.15, -0.1) is 0 Å². The molecule has 0 aliphatic heterocycles. The lowest BCUT2D eigenvalue weighted by atomic mass is 9.96. The van der Waals surface area contributed by atoms with Gasteiger partial charge in [0.25, 0.3) is 0 Å². The van der Waals surface area contributed by atoms with Crippen molar-refractivity contribution in [1.82, 2.24) is 4.57 Å². The molecular weight excluding hydrogens is 460 g/mol. The molecular formula is C36H26N2. The van der Waals surface area contributed by atoms with Gasteiger partial charge in [-0.1, -0.05) is 103 Å². The van der Waals surface area contributed by atoms with Crippen molar-refractivity contribution in [3.05, 3.63) is 158 Å². The van der Waals surface area contributed by atoms with E-state index >= 15 is 0 Å². The largest absolute Gasteiger partial charge is 0.310 e. The molecule has 7 aromatic rings. The summed E-state index contributed by atoms with van der Waals surface area (Å²) in [7, 11) is 0. The Labute approximate surface area is 222 Å². The van der Waals surface area contributed by atoms with Crippen LogP contribution in [0, 0.1) is 0 Å². The summed E-state index contributed by atoms with van der Waals surface area (Å²) in [5.41, 5.74) is 9.38. The number of rotatable bonds is 5. The van der Waals surface area contributed by atoms with E-state index in [4.69, 9.17) is 0 Å². The highest BCUT2D eigenvalue weighted by Gasteiger charge is 2.23. The Morgan fingerprint density at radius 1 is 0.421 bits per heavy atom. The van der Waals surface area contributed by atoms with Crippen molar-refractivity contribution < 1.29 is 0 Å². The summed E-state index contributed by atoms with van der Waals surface area (Å²) in [5, 5.41) is 2.50. The fourth-order valence-electron chi connectivity index (χ4n) is 5.57. The van der Waals surface area contributed by atoms with Crippen LogP contribution in [0.1, 0.15) is 0 Å². The van der Waals surface area contributed by atoms with Gasteiger partial charge in [0.05, 0.1) is 16.7 Å². The Balaban J connectivity index is 1.64. The second-order valence-electron chi connectivity index (χ2n) is 9.41. The maximum absolute atomic E-state index is 2.39. The quantitative estimate of drug-likeness (QED) is 0.235. The third-order valence-electron chi connectivity index (χ3n) is 7.16. The molecule has 0 spiro atoms. The van der Waals surface area contributed by atoms with E-state index in [-0.39, 0.29) is 0 Å². The molecule has 0 N–H and O–H groups in total. The summed E-state index contributed by atoms with van der Waals surface area (Å²) in [5.74, 6) is 0. The first-order valence-corrected chi connectivity index (χ1v) is 13.0. The standard InChI is InChI=1S/C36H26N2/c1-5-15-27(16-6-1)35-33(37(28-17-7-2-8-18-28)29-19-9-3-10-20-29)25-26-34-36(35)31-23-13-14-24-32(31)38(34)30-21-11-4-12-22-30/h1-26H. The van der Waals surface area contributed by atoms with E-state index in [1.54, 1.807) is 0 Å². The average molecular weight is 487 g/mol. The number of nitrogens with zero attached hydrogens (tertiary/aromatic N) is 2. The van der Waals surface area contributed by atoms with E-state index in [2.05, 4.69) is 167 Å². The van der Waals surface area contributed by atoms with Crippen molar-refractivity contribution in [2.45, 2.75) is 0 Å². The molecule has 38 heavy (non-hydrogen) atoms. The lowest BCUT2D eigenvalue weighted by molar-refractivity contribution is 1.18. The van der Waals surface area contributed by atoms with Gasteiger partial charge in [0.1, 0.15) is 0 Å². The lowest BCUT2D eigenvalue weighted by Crippen LogP contribution is -2.11. The molecule has 0 aliphatic rings. The summed E-state index contributed by atoms with van der Waals surface area (Å²) in [6, 6.07) is 56.0. The van der Waals surface area contributed by atoms with Crippen molar-refractivity contribution in [2.75, 3.05) is 4.90 Å². The minimum Gasteiger partial charge on any atom is -0.310 e. The molecule has 0 radical (unpaired) electrons. The molecule has 0 atom stereocenters. The van der Waals surface area contributed by atoms with Crippen LogP contribution < -0.4 is 4.90 Å². The molecule has 0 saturated heterocycles. The Morgan fingerprint density at radius 3 is 1.58 bits per heavy atom. The van der Waals surface area contributed by atoms with Crippen LogP contribution in [0.25, 0.3) is 38.6 Å². The van der Waals surface area contributed by atoms with E-state index < -0.39 is 0 Å². The minimum atomic E-state index is 1.13. The Bertz CT molecular complexity index is 1800. The number of para-hydroxylation sites is 4. The second kappa shape index (κ2) is 9.42. The summed E-state index contributed by atoms with van der Waals surface area (Å²) in [6.45, 7) is 0. The average Bonchev–Trinajstić information content (AvgIpc) is 3.34. The van der Waals surface area contributed by atoms with Crippen molar-refractivity contribution in [2.24, 2.45) is 0 Å². The molecule has 2 heteroatoms. The van der Waals surface area contributed by atoms with Gasteiger partial charge in [-0.05, 0) is 60.2 Å². The smallest absolute Gasteiger partial charge is 0.0548 e. The van der Waals surface area contributed by atoms with Gasteiger partial charge in [0.15, 0.2) is 0 Å². The molecule has 0 fully saturated rings. The van der Waals surface area contributed by atoms with Crippen molar-refractivity contribution in [3.63, 3.8) is 0 Å². The van der Waals surface area contributed by atoms with Crippen molar-refractivity contribution in [1.29, 1.82) is 0 Å². The van der Waals surface area contributed by atoms with Crippen LogP contribution in [-0.2, 0) is 0 Å². The topological polar surface area (TPSA) is 8.17 Å². The summed E-state index contributed by atoms with van der Waals surface area (Å²) >= 11 is 0. The van der Waals surface area contributed by atoms with Gasteiger partial charge in [-0.25, -0.2) is 0 Å². The van der Waals surface area contributed by atoms with E-state index in [0.717, 1.165) is 22.7 Å². The zero-order valence-corrected chi connectivity index (χ0v) is 20.9. The second-order valence-corrected chi connectivity index (χ2v) is 9.41. The first-order valence-electron chi connectivity index (χ1n) is 13.0. The third-order valence-corrected chi connectivity index (χ3v) is 7.16. The Kier molecular flexibility index (Phi) is 5.49. The SMILES string of the molecule is c1ccc(-c2c(N(c3ccccc3)c3ccccc3)ccc3c2c2ccccc2n3-c2ccccc2)cc1. The van der Waals surface area contributed by atoms with Crippen LogP contribution in [0.15, 0.2) is 158 Å². The summed E-state index contributed by atoms with van der Waals surface area (Å²) < 4.78 is 2.39. The van der Waals surface area contributed by atoms with Crippen LogP contribution in [0.4, 0.5) is 17.1 Å². The van der Waals surface area contributed by atoms with Gasteiger partial charge < -0.3 is 9.47 Å². The first kappa shape index (κ1) is 22.1. The van der Waals surface area contributed by atoms with Gasteiger partial charge in [-0.2, -0.15) is 0 Å². The molecule has 2 nitrogen and oxygen atoms in total. The molecule has 1 aromatic heterocycles. The fourth-order valence-corrected chi connectivity index (χ4v) is 5.57. The number of aromatic nitrogens is 1. The van der Waals surface area contributed by atoms with E-state index in [0.29, 0.717) is 0 Å². The number of anilines is 3. The number of hydrogen-bond acceptors (Lipinski definition) is 1. The Morgan fingerprint density at radius 2 is 0.947 bits per heavy atom.